The van der Waals surface area contributed by atoms with E-state index in [-0.39, 0.29) is 23.2 Å². The van der Waals surface area contributed by atoms with E-state index in [1.54, 1.807) is 0 Å². The molecule has 0 aromatic carbocycles. The summed E-state index contributed by atoms with van der Waals surface area (Å²) in [5, 5.41) is 3.03. The number of rotatable bonds is 4. The molecule has 0 fully saturated rings. The minimum absolute atomic E-state index is 0. The third-order valence-corrected chi connectivity index (χ3v) is 0.642. The van der Waals surface area contributed by atoms with Crippen LogP contribution in [0, 0.1) is 0 Å². The quantitative estimate of drug-likeness (QED) is 0.322. The zero-order valence-corrected chi connectivity index (χ0v) is 6.94. The molecular formula is C4H17FeN4+4. The molecule has 0 saturated heterocycles. The summed E-state index contributed by atoms with van der Waals surface area (Å²) in [5.41, 5.74) is 10.3. The molecule has 0 aliphatic heterocycles. The first kappa shape index (κ1) is 16.2. The van der Waals surface area contributed by atoms with Crippen molar-refractivity contribution in [2.45, 2.75) is 0 Å². The van der Waals surface area contributed by atoms with Crippen LogP contribution in [0.2, 0.25) is 0 Å². The van der Waals surface area contributed by atoms with E-state index >= 15 is 0 Å². The molecule has 0 atom stereocenters. The Hall–Kier alpha value is 0.359. The SMILES string of the molecule is NCCNCCN.[Fe+3].[NH4+]. The molecule has 0 amide bonds. The van der Waals surface area contributed by atoms with Gasteiger partial charge in [0, 0.05) is 26.2 Å². The van der Waals surface area contributed by atoms with Gasteiger partial charge in [-0.2, -0.15) is 0 Å². The van der Waals surface area contributed by atoms with Crippen molar-refractivity contribution in [3.05, 3.63) is 0 Å². The molecule has 4 nitrogen and oxygen atoms in total. The number of hydrogen-bond donors (Lipinski definition) is 4. The van der Waals surface area contributed by atoms with Crippen molar-refractivity contribution >= 4 is 0 Å². The molecule has 0 unspecified atom stereocenters. The van der Waals surface area contributed by atoms with Gasteiger partial charge in [-0.1, -0.05) is 0 Å². The van der Waals surface area contributed by atoms with E-state index in [1.165, 1.54) is 0 Å². The summed E-state index contributed by atoms with van der Waals surface area (Å²) in [6.07, 6.45) is 0. The van der Waals surface area contributed by atoms with E-state index in [0.29, 0.717) is 13.1 Å². The van der Waals surface area contributed by atoms with Gasteiger partial charge in [-0.15, -0.1) is 0 Å². The van der Waals surface area contributed by atoms with Crippen molar-refractivity contribution in [1.29, 1.82) is 0 Å². The van der Waals surface area contributed by atoms with Crippen molar-refractivity contribution in [1.82, 2.24) is 11.5 Å². The molecule has 5 heteroatoms. The molecule has 0 rings (SSSR count). The van der Waals surface area contributed by atoms with E-state index in [4.69, 9.17) is 11.5 Å². The number of nitrogens with two attached hydrogens (primary N) is 2. The van der Waals surface area contributed by atoms with Gasteiger partial charge in [0.15, 0.2) is 0 Å². The van der Waals surface area contributed by atoms with Gasteiger partial charge < -0.3 is 22.9 Å². The van der Waals surface area contributed by atoms with Crippen LogP contribution in [-0.4, -0.2) is 26.2 Å². The van der Waals surface area contributed by atoms with Gasteiger partial charge in [0.1, 0.15) is 0 Å². The predicted octanol–water partition coefficient (Wildman–Crippen LogP) is -1.13. The summed E-state index contributed by atoms with van der Waals surface area (Å²) in [7, 11) is 0. The first-order valence-electron chi connectivity index (χ1n) is 2.52. The maximum absolute atomic E-state index is 5.17. The van der Waals surface area contributed by atoms with E-state index in [1.807, 2.05) is 0 Å². The molecule has 57 valence electrons. The molecule has 0 spiro atoms. The summed E-state index contributed by atoms with van der Waals surface area (Å²) in [5.74, 6) is 0. The summed E-state index contributed by atoms with van der Waals surface area (Å²) in [6, 6.07) is 0. The van der Waals surface area contributed by atoms with Crippen molar-refractivity contribution in [3.8, 4) is 0 Å². The maximum Gasteiger partial charge on any atom is 3.00 e. The molecule has 0 heterocycles. The van der Waals surface area contributed by atoms with E-state index in [0.717, 1.165) is 13.1 Å². The van der Waals surface area contributed by atoms with E-state index in [2.05, 4.69) is 5.32 Å². The van der Waals surface area contributed by atoms with E-state index in [9.17, 15) is 0 Å². The summed E-state index contributed by atoms with van der Waals surface area (Å²) >= 11 is 0. The Bertz CT molecular complexity index is 31.7. The smallest absolute Gasteiger partial charge is 0.369 e. The van der Waals surface area contributed by atoms with Gasteiger partial charge in [0.25, 0.3) is 0 Å². The zero-order valence-electron chi connectivity index (χ0n) is 5.84. The van der Waals surface area contributed by atoms with Crippen LogP contribution in [0.3, 0.4) is 0 Å². The van der Waals surface area contributed by atoms with Crippen LogP contribution in [0.25, 0.3) is 0 Å². The van der Waals surface area contributed by atoms with Crippen molar-refractivity contribution in [2.24, 2.45) is 11.5 Å². The molecule has 9 heavy (non-hydrogen) atoms. The summed E-state index contributed by atoms with van der Waals surface area (Å²) in [4.78, 5) is 0. The van der Waals surface area contributed by atoms with Crippen molar-refractivity contribution in [3.63, 3.8) is 0 Å². The van der Waals surface area contributed by atoms with Gasteiger partial charge in [-0.05, 0) is 0 Å². The van der Waals surface area contributed by atoms with Gasteiger partial charge >= 0.3 is 17.1 Å². The second-order valence-electron chi connectivity index (χ2n) is 1.33. The van der Waals surface area contributed by atoms with Gasteiger partial charge in [0.2, 0.25) is 0 Å². The number of hydrogen-bond acceptors (Lipinski definition) is 3. The number of quaternary nitrogens is 1. The van der Waals surface area contributed by atoms with Crippen LogP contribution >= 0.6 is 0 Å². The van der Waals surface area contributed by atoms with Gasteiger partial charge in [-0.3, -0.25) is 0 Å². The minimum atomic E-state index is 0. The first-order valence-corrected chi connectivity index (χ1v) is 2.52. The molecule has 0 aliphatic carbocycles. The molecular weight excluding hydrogens is 160 g/mol. The second-order valence-corrected chi connectivity index (χ2v) is 1.33. The zero-order chi connectivity index (χ0) is 5.54. The summed E-state index contributed by atoms with van der Waals surface area (Å²) < 4.78 is 0. The van der Waals surface area contributed by atoms with Crippen LogP contribution in [0.5, 0.6) is 0 Å². The Kier molecular flexibility index (Phi) is 28.3. The normalized spacial score (nSPS) is 7.33. The van der Waals surface area contributed by atoms with E-state index < -0.39 is 0 Å². The molecule has 0 aromatic heterocycles. The van der Waals surface area contributed by atoms with Crippen LogP contribution in [0.4, 0.5) is 0 Å². The fourth-order valence-electron chi connectivity index (χ4n) is 0.329. The second kappa shape index (κ2) is 15.8. The predicted molar refractivity (Wildman–Crippen MR) is 37.0 cm³/mol. The Morgan fingerprint density at radius 1 is 1.00 bits per heavy atom. The average molecular weight is 177 g/mol. The molecule has 9 N–H and O–H groups in total. The molecule has 0 aliphatic rings. The summed E-state index contributed by atoms with van der Waals surface area (Å²) in [6.45, 7) is 3.13. The van der Waals surface area contributed by atoms with Crippen molar-refractivity contribution < 1.29 is 17.1 Å². The van der Waals surface area contributed by atoms with Crippen LogP contribution in [0.1, 0.15) is 0 Å². The Balaban J connectivity index is -0.000000180. The molecule has 0 saturated carbocycles. The van der Waals surface area contributed by atoms with Crippen LogP contribution in [-0.2, 0) is 17.1 Å². The van der Waals surface area contributed by atoms with Gasteiger partial charge in [-0.25, -0.2) is 0 Å². The van der Waals surface area contributed by atoms with Crippen LogP contribution < -0.4 is 22.9 Å². The molecule has 1 radical (unpaired) electrons. The fourth-order valence-corrected chi connectivity index (χ4v) is 0.329. The monoisotopic (exact) mass is 177 g/mol. The molecule has 0 aromatic rings. The first-order chi connectivity index (χ1) is 3.41. The Morgan fingerprint density at radius 2 is 1.33 bits per heavy atom. The minimum Gasteiger partial charge on any atom is -0.369 e. The largest absolute Gasteiger partial charge is 3.00 e. The fraction of sp³-hybridized carbons (Fsp3) is 1.00. The topological polar surface area (TPSA) is 101 Å². The Labute approximate surface area is 66.8 Å². The molecule has 0 bridgehead atoms. The third kappa shape index (κ3) is 17.8. The number of nitrogens with one attached hydrogen (secondary N) is 1. The van der Waals surface area contributed by atoms with Gasteiger partial charge in [0.05, 0.1) is 0 Å². The maximum atomic E-state index is 5.17. The Morgan fingerprint density at radius 3 is 1.56 bits per heavy atom. The standard InChI is InChI=1S/C4H13N3.Fe.H3N/c5-1-3-7-4-2-6;;/h7H,1-6H2;;1H3/q;+3;/p+1. The van der Waals surface area contributed by atoms with Crippen LogP contribution in [0.15, 0.2) is 0 Å². The average Bonchev–Trinajstić information content (AvgIpc) is 1.69. The third-order valence-electron chi connectivity index (χ3n) is 0.642. The van der Waals surface area contributed by atoms with Crippen molar-refractivity contribution in [2.75, 3.05) is 26.2 Å².